The van der Waals surface area contributed by atoms with Crippen LogP contribution >= 0.6 is 0 Å². The van der Waals surface area contributed by atoms with Gasteiger partial charge in [0.15, 0.2) is 0 Å². The van der Waals surface area contributed by atoms with Gasteiger partial charge in [0.05, 0.1) is 5.56 Å². The predicted octanol–water partition coefficient (Wildman–Crippen LogP) is 0.929. The van der Waals surface area contributed by atoms with Crippen LogP contribution in [0, 0.1) is 0 Å². The molecule has 0 aliphatic carbocycles. The maximum absolute atomic E-state index is 12.6. The van der Waals surface area contributed by atoms with Crippen LogP contribution < -0.4 is 0 Å². The van der Waals surface area contributed by atoms with Crippen molar-refractivity contribution in [1.82, 2.24) is 9.21 Å². The Morgan fingerprint density at radius 1 is 1.28 bits per heavy atom. The van der Waals surface area contributed by atoms with Crippen LogP contribution in [0.3, 0.4) is 0 Å². The molecule has 0 saturated carbocycles. The second kappa shape index (κ2) is 5.83. The Hall–Kier alpha value is -2.42. The second-order valence-electron chi connectivity index (χ2n) is 6.41. The predicted molar refractivity (Wildman–Crippen MR) is 86.6 cm³/mol. The first-order valence-electron chi connectivity index (χ1n) is 7.93. The molecule has 9 heteroatoms. The standard InChI is InChI=1S/C16H18N2O6S/c1-9(2)18-15(20)11-6-5-10(8-13(11)25(18,23)24)14(19)17-7-3-4-12(17)16(21)22/h5-6,8-9,12H,3-4,7H2,1-2H3,(H,21,22). The Labute approximate surface area is 145 Å². The van der Waals surface area contributed by atoms with Gasteiger partial charge in [-0.3, -0.25) is 9.59 Å². The summed E-state index contributed by atoms with van der Waals surface area (Å²) in [4.78, 5) is 37.2. The minimum atomic E-state index is -4.01. The number of rotatable bonds is 3. The third-order valence-corrected chi connectivity index (χ3v) is 6.46. The quantitative estimate of drug-likeness (QED) is 0.852. The highest BCUT2D eigenvalue weighted by molar-refractivity contribution is 7.90. The minimum Gasteiger partial charge on any atom is -0.480 e. The minimum absolute atomic E-state index is 0.0291. The number of carbonyl (C=O) groups excluding carboxylic acids is 2. The summed E-state index contributed by atoms with van der Waals surface area (Å²) in [5, 5.41) is 9.21. The van der Waals surface area contributed by atoms with Gasteiger partial charge in [0.25, 0.3) is 21.8 Å². The van der Waals surface area contributed by atoms with Crippen molar-refractivity contribution >= 4 is 27.8 Å². The van der Waals surface area contributed by atoms with Crippen molar-refractivity contribution in [3.63, 3.8) is 0 Å². The van der Waals surface area contributed by atoms with Crippen molar-refractivity contribution in [3.8, 4) is 0 Å². The van der Waals surface area contributed by atoms with Crippen molar-refractivity contribution in [3.05, 3.63) is 29.3 Å². The Morgan fingerprint density at radius 2 is 1.96 bits per heavy atom. The lowest BCUT2D eigenvalue weighted by Crippen LogP contribution is -2.40. The molecule has 0 radical (unpaired) electrons. The summed E-state index contributed by atoms with van der Waals surface area (Å²) < 4.78 is 26.0. The van der Waals surface area contributed by atoms with E-state index in [1.165, 1.54) is 23.1 Å². The average Bonchev–Trinajstić information content (AvgIpc) is 3.09. The monoisotopic (exact) mass is 366 g/mol. The molecule has 2 aliphatic rings. The van der Waals surface area contributed by atoms with E-state index in [-0.39, 0.29) is 16.0 Å². The van der Waals surface area contributed by atoms with Gasteiger partial charge >= 0.3 is 5.97 Å². The Morgan fingerprint density at radius 3 is 2.56 bits per heavy atom. The van der Waals surface area contributed by atoms with Crippen LogP contribution in [0.15, 0.2) is 23.1 Å². The fraction of sp³-hybridized carbons (Fsp3) is 0.438. The van der Waals surface area contributed by atoms with Crippen molar-refractivity contribution < 1.29 is 27.9 Å². The van der Waals surface area contributed by atoms with E-state index in [0.29, 0.717) is 19.4 Å². The first-order valence-corrected chi connectivity index (χ1v) is 9.37. The van der Waals surface area contributed by atoms with E-state index in [2.05, 4.69) is 0 Å². The van der Waals surface area contributed by atoms with E-state index in [9.17, 15) is 27.9 Å². The van der Waals surface area contributed by atoms with Crippen molar-refractivity contribution in [1.29, 1.82) is 0 Å². The molecule has 1 aromatic carbocycles. The molecule has 0 bridgehead atoms. The molecule has 1 fully saturated rings. The molecule has 1 aromatic rings. The highest BCUT2D eigenvalue weighted by Gasteiger charge is 2.43. The first-order chi connectivity index (χ1) is 11.7. The number of carboxylic acids is 1. The largest absolute Gasteiger partial charge is 0.480 e. The molecule has 134 valence electrons. The Balaban J connectivity index is 2.01. The zero-order valence-electron chi connectivity index (χ0n) is 13.8. The smallest absolute Gasteiger partial charge is 0.326 e. The lowest BCUT2D eigenvalue weighted by atomic mass is 10.1. The third-order valence-electron chi connectivity index (χ3n) is 4.46. The van der Waals surface area contributed by atoms with Gasteiger partial charge < -0.3 is 10.0 Å². The van der Waals surface area contributed by atoms with Gasteiger partial charge in [-0.25, -0.2) is 17.5 Å². The lowest BCUT2D eigenvalue weighted by Gasteiger charge is -2.21. The molecule has 2 heterocycles. The number of fused-ring (bicyclic) bond motifs is 1. The maximum Gasteiger partial charge on any atom is 0.326 e. The maximum atomic E-state index is 12.6. The number of aliphatic carboxylic acids is 1. The summed E-state index contributed by atoms with van der Waals surface area (Å²) >= 11 is 0. The Kier molecular flexibility index (Phi) is 4.06. The van der Waals surface area contributed by atoms with Crippen LogP contribution in [0.4, 0.5) is 0 Å². The zero-order valence-corrected chi connectivity index (χ0v) is 14.6. The topological polar surface area (TPSA) is 112 Å². The second-order valence-corrected chi connectivity index (χ2v) is 8.19. The van der Waals surface area contributed by atoms with Crippen LogP contribution in [-0.2, 0) is 14.8 Å². The number of nitrogens with zero attached hydrogens (tertiary/aromatic N) is 2. The normalized spacial score (nSPS) is 21.7. The van der Waals surface area contributed by atoms with Crippen LogP contribution in [0.25, 0.3) is 0 Å². The molecule has 1 saturated heterocycles. The summed E-state index contributed by atoms with van der Waals surface area (Å²) in [5.41, 5.74) is 0.0929. The molecule has 8 nitrogen and oxygen atoms in total. The van der Waals surface area contributed by atoms with E-state index in [0.717, 1.165) is 4.31 Å². The molecular formula is C16H18N2O6S. The van der Waals surface area contributed by atoms with Crippen LogP contribution in [0.1, 0.15) is 47.4 Å². The molecule has 1 atom stereocenters. The van der Waals surface area contributed by atoms with Gasteiger partial charge in [-0.05, 0) is 44.9 Å². The third kappa shape index (κ3) is 2.58. The summed E-state index contributed by atoms with van der Waals surface area (Å²) in [6, 6.07) is 2.40. The van der Waals surface area contributed by atoms with Gasteiger partial charge in [-0.15, -0.1) is 0 Å². The number of sulfonamides is 1. The zero-order chi connectivity index (χ0) is 18.5. The number of likely N-dealkylation sites (tertiary alicyclic amines) is 1. The van der Waals surface area contributed by atoms with Gasteiger partial charge in [-0.1, -0.05) is 0 Å². The highest BCUT2D eigenvalue weighted by Crippen LogP contribution is 2.33. The lowest BCUT2D eigenvalue weighted by molar-refractivity contribution is -0.141. The number of hydrogen-bond acceptors (Lipinski definition) is 5. The summed E-state index contributed by atoms with van der Waals surface area (Å²) in [6.45, 7) is 3.49. The molecule has 0 spiro atoms. The van der Waals surface area contributed by atoms with Gasteiger partial charge in [0, 0.05) is 18.2 Å². The number of benzene rings is 1. The van der Waals surface area contributed by atoms with Crippen LogP contribution in [-0.4, -0.2) is 59.1 Å². The molecule has 2 aliphatic heterocycles. The van der Waals surface area contributed by atoms with E-state index in [4.69, 9.17) is 0 Å². The van der Waals surface area contributed by atoms with E-state index in [1.54, 1.807) is 13.8 Å². The average molecular weight is 366 g/mol. The number of carboxylic acid groups (broad SMARTS) is 1. The van der Waals surface area contributed by atoms with Crippen molar-refractivity contribution in [2.45, 2.75) is 43.7 Å². The van der Waals surface area contributed by atoms with Crippen LogP contribution in [0.2, 0.25) is 0 Å². The van der Waals surface area contributed by atoms with Crippen LogP contribution in [0.5, 0.6) is 0 Å². The summed E-state index contributed by atoms with van der Waals surface area (Å²) in [5.74, 6) is -2.24. The molecule has 25 heavy (non-hydrogen) atoms. The summed E-state index contributed by atoms with van der Waals surface area (Å²) in [7, 11) is -4.01. The van der Waals surface area contributed by atoms with Gasteiger partial charge in [0.2, 0.25) is 0 Å². The number of amides is 2. The SMILES string of the molecule is CC(C)N1C(=O)c2ccc(C(=O)N3CCCC3C(=O)O)cc2S1(=O)=O. The van der Waals surface area contributed by atoms with E-state index < -0.39 is 39.9 Å². The van der Waals surface area contributed by atoms with Crippen molar-refractivity contribution in [2.24, 2.45) is 0 Å². The number of carbonyl (C=O) groups is 3. The fourth-order valence-electron chi connectivity index (χ4n) is 3.32. The molecule has 1 N–H and O–H groups in total. The first kappa shape index (κ1) is 17.4. The summed E-state index contributed by atoms with van der Waals surface area (Å²) in [6.07, 6.45) is 0.940. The Bertz CT molecular complexity index is 877. The number of hydrogen-bond donors (Lipinski definition) is 1. The van der Waals surface area contributed by atoms with E-state index >= 15 is 0 Å². The van der Waals surface area contributed by atoms with Crippen molar-refractivity contribution in [2.75, 3.05) is 6.54 Å². The van der Waals surface area contributed by atoms with E-state index in [1.807, 2.05) is 0 Å². The molecule has 1 unspecified atom stereocenters. The highest BCUT2D eigenvalue weighted by atomic mass is 32.2. The molecule has 2 amide bonds. The molecule has 0 aromatic heterocycles. The molecular weight excluding hydrogens is 348 g/mol. The van der Waals surface area contributed by atoms with Gasteiger partial charge in [0.1, 0.15) is 10.9 Å². The molecule has 3 rings (SSSR count). The fourth-order valence-corrected chi connectivity index (χ4v) is 5.12. The van der Waals surface area contributed by atoms with Gasteiger partial charge in [-0.2, -0.15) is 0 Å².